The lowest BCUT2D eigenvalue weighted by atomic mass is 9.76. The summed E-state index contributed by atoms with van der Waals surface area (Å²) in [5.74, 6) is 2.71. The van der Waals surface area contributed by atoms with Gasteiger partial charge in [-0.25, -0.2) is 0 Å². The van der Waals surface area contributed by atoms with E-state index in [-0.39, 0.29) is 0 Å². The third-order valence-electron chi connectivity index (χ3n) is 8.75. The van der Waals surface area contributed by atoms with Crippen LogP contribution in [-0.4, -0.2) is 0 Å². The highest BCUT2D eigenvalue weighted by molar-refractivity contribution is 7.28. The average molecular weight is 457 g/mol. The minimum Gasteiger partial charge on any atom is -0.138 e. The fraction of sp³-hybridized carbons (Fsp3) is 0.793. The predicted octanol–water partition coefficient (Wildman–Crippen LogP) is 10.5. The van der Waals surface area contributed by atoms with E-state index in [4.69, 9.17) is 0 Å². The van der Waals surface area contributed by atoms with Gasteiger partial charge < -0.3 is 0 Å². The Kier molecular flexibility index (Phi) is 7.77. The first-order chi connectivity index (χ1) is 15.3. The third kappa shape index (κ3) is 4.96. The van der Waals surface area contributed by atoms with Crippen LogP contribution in [0.25, 0.3) is 9.40 Å². The lowest BCUT2D eigenvalue weighted by Crippen LogP contribution is -2.18. The number of thiophene rings is 2. The summed E-state index contributed by atoms with van der Waals surface area (Å²) in [5, 5.41) is 0. The molecule has 0 aromatic carbocycles. The van der Waals surface area contributed by atoms with Crippen molar-refractivity contribution in [1.29, 1.82) is 0 Å². The molecule has 0 spiro atoms. The van der Waals surface area contributed by atoms with Crippen LogP contribution in [0.5, 0.6) is 0 Å². The SMILES string of the molecule is CCc1c(C2CCCCCCCCC2)sc2c3c(sc12)C1CCCCCCCC(C3)C1. The van der Waals surface area contributed by atoms with E-state index < -0.39 is 0 Å². The Morgan fingerprint density at radius 3 is 1.81 bits per heavy atom. The van der Waals surface area contributed by atoms with E-state index in [1.54, 1.807) is 15.0 Å². The largest absolute Gasteiger partial charge is 0.138 e. The van der Waals surface area contributed by atoms with E-state index in [0.717, 1.165) is 17.8 Å². The van der Waals surface area contributed by atoms with Gasteiger partial charge in [0.2, 0.25) is 0 Å². The Morgan fingerprint density at radius 1 is 0.613 bits per heavy atom. The molecule has 2 aromatic heterocycles. The molecule has 2 unspecified atom stereocenters. The third-order valence-corrected chi connectivity index (χ3v) is 11.8. The molecule has 5 rings (SSSR count). The molecular formula is C29H44S2. The predicted molar refractivity (Wildman–Crippen MR) is 140 cm³/mol. The summed E-state index contributed by atoms with van der Waals surface area (Å²) in [5.41, 5.74) is 3.62. The van der Waals surface area contributed by atoms with Gasteiger partial charge in [-0.1, -0.05) is 90.4 Å². The van der Waals surface area contributed by atoms with Crippen molar-refractivity contribution in [3.63, 3.8) is 0 Å². The molecule has 2 aromatic rings. The van der Waals surface area contributed by atoms with Gasteiger partial charge in [0.1, 0.15) is 0 Å². The van der Waals surface area contributed by atoms with Crippen LogP contribution in [0, 0.1) is 5.92 Å². The van der Waals surface area contributed by atoms with Crippen LogP contribution >= 0.6 is 22.7 Å². The van der Waals surface area contributed by atoms with Gasteiger partial charge in [0, 0.05) is 19.2 Å². The van der Waals surface area contributed by atoms with Crippen molar-refractivity contribution >= 4 is 32.1 Å². The molecule has 3 aliphatic carbocycles. The molecule has 0 amide bonds. The van der Waals surface area contributed by atoms with Crippen LogP contribution in [0.15, 0.2) is 0 Å². The number of hydrogen-bond acceptors (Lipinski definition) is 2. The van der Waals surface area contributed by atoms with E-state index in [1.807, 2.05) is 15.3 Å². The van der Waals surface area contributed by atoms with E-state index in [9.17, 15) is 0 Å². The summed E-state index contributed by atoms with van der Waals surface area (Å²) in [6.07, 6.45) is 27.7. The molecule has 172 valence electrons. The van der Waals surface area contributed by atoms with E-state index in [1.165, 1.54) is 122 Å². The van der Waals surface area contributed by atoms with Gasteiger partial charge in [-0.15, -0.1) is 22.7 Å². The summed E-state index contributed by atoms with van der Waals surface area (Å²) < 4.78 is 3.50. The van der Waals surface area contributed by atoms with Gasteiger partial charge >= 0.3 is 0 Å². The number of rotatable bonds is 2. The van der Waals surface area contributed by atoms with Crippen LogP contribution in [-0.2, 0) is 12.8 Å². The second-order valence-electron chi connectivity index (χ2n) is 11.0. The highest BCUT2D eigenvalue weighted by Crippen LogP contribution is 2.53. The van der Waals surface area contributed by atoms with Gasteiger partial charge in [0.05, 0.1) is 0 Å². The van der Waals surface area contributed by atoms with E-state index >= 15 is 0 Å². The molecule has 3 aliphatic rings. The lowest BCUT2D eigenvalue weighted by molar-refractivity contribution is 0.342. The summed E-state index contributed by atoms with van der Waals surface area (Å²) in [6.45, 7) is 2.44. The summed E-state index contributed by atoms with van der Waals surface area (Å²) in [7, 11) is 0. The summed E-state index contributed by atoms with van der Waals surface area (Å²) in [4.78, 5) is 3.66. The Bertz CT molecular complexity index is 831. The molecule has 0 saturated heterocycles. The van der Waals surface area contributed by atoms with Crippen LogP contribution in [0.1, 0.15) is 149 Å². The Morgan fingerprint density at radius 2 is 1.16 bits per heavy atom. The minimum absolute atomic E-state index is 0.856. The van der Waals surface area contributed by atoms with E-state index in [2.05, 4.69) is 29.6 Å². The van der Waals surface area contributed by atoms with Crippen molar-refractivity contribution in [3.8, 4) is 0 Å². The zero-order chi connectivity index (χ0) is 21.0. The Labute approximate surface area is 199 Å². The number of hydrogen-bond donors (Lipinski definition) is 0. The molecule has 2 bridgehead atoms. The van der Waals surface area contributed by atoms with Crippen LogP contribution in [0.3, 0.4) is 0 Å². The highest BCUT2D eigenvalue weighted by atomic mass is 32.1. The number of fused-ring (bicyclic) bond motifs is 6. The molecule has 2 saturated carbocycles. The maximum Gasteiger partial charge on any atom is 0.0491 e. The van der Waals surface area contributed by atoms with Crippen LogP contribution in [0.2, 0.25) is 0 Å². The topological polar surface area (TPSA) is 0 Å². The minimum atomic E-state index is 0.856. The van der Waals surface area contributed by atoms with Crippen molar-refractivity contribution in [2.24, 2.45) is 5.92 Å². The Hall–Kier alpha value is -0.340. The highest BCUT2D eigenvalue weighted by Gasteiger charge is 2.33. The molecule has 0 nitrogen and oxygen atoms in total. The molecule has 0 radical (unpaired) electrons. The second-order valence-corrected chi connectivity index (χ2v) is 13.1. The maximum atomic E-state index is 2.44. The molecule has 2 fully saturated rings. The van der Waals surface area contributed by atoms with Gasteiger partial charge in [-0.2, -0.15) is 0 Å². The molecular weight excluding hydrogens is 412 g/mol. The molecule has 2 heterocycles. The van der Waals surface area contributed by atoms with Crippen LogP contribution in [0.4, 0.5) is 0 Å². The van der Waals surface area contributed by atoms with Gasteiger partial charge in [-0.05, 0) is 67.4 Å². The van der Waals surface area contributed by atoms with Crippen molar-refractivity contribution in [2.75, 3.05) is 0 Å². The monoisotopic (exact) mass is 456 g/mol. The molecule has 0 aliphatic heterocycles. The molecule has 2 atom stereocenters. The van der Waals surface area contributed by atoms with Crippen molar-refractivity contribution < 1.29 is 0 Å². The molecule has 2 heteroatoms. The van der Waals surface area contributed by atoms with Crippen molar-refractivity contribution in [1.82, 2.24) is 0 Å². The van der Waals surface area contributed by atoms with Crippen LogP contribution < -0.4 is 0 Å². The van der Waals surface area contributed by atoms with E-state index in [0.29, 0.717) is 0 Å². The summed E-state index contributed by atoms with van der Waals surface area (Å²) in [6, 6.07) is 0. The summed E-state index contributed by atoms with van der Waals surface area (Å²) >= 11 is 4.53. The second kappa shape index (κ2) is 10.7. The zero-order valence-corrected chi connectivity index (χ0v) is 21.6. The fourth-order valence-corrected chi connectivity index (χ4v) is 10.4. The number of aryl methyl sites for hydroxylation is 1. The molecule has 31 heavy (non-hydrogen) atoms. The lowest BCUT2D eigenvalue weighted by Gasteiger charge is -2.30. The van der Waals surface area contributed by atoms with Gasteiger partial charge in [0.25, 0.3) is 0 Å². The van der Waals surface area contributed by atoms with Crippen molar-refractivity contribution in [3.05, 3.63) is 20.9 Å². The Balaban J connectivity index is 1.48. The first kappa shape index (κ1) is 22.5. The quantitative estimate of drug-likeness (QED) is 0.421. The van der Waals surface area contributed by atoms with Crippen molar-refractivity contribution in [2.45, 2.75) is 141 Å². The smallest absolute Gasteiger partial charge is 0.0491 e. The first-order valence-corrected chi connectivity index (χ1v) is 15.5. The van der Waals surface area contributed by atoms with Gasteiger partial charge in [-0.3, -0.25) is 0 Å². The van der Waals surface area contributed by atoms with Gasteiger partial charge in [0.15, 0.2) is 0 Å². The normalized spacial score (nSPS) is 27.1. The molecule has 0 N–H and O–H groups in total. The standard InChI is InChI=1S/C29H44S2/c1-2-24-26(22-16-12-8-4-3-5-9-13-17-22)30-29-25-20-21-15-11-7-6-10-14-18-23(19-21)27(25)31-28(24)29/h21-23H,2-20H2,1H3. The maximum absolute atomic E-state index is 2.44. The fourth-order valence-electron chi connectivity index (χ4n) is 7.02. The average Bonchev–Trinajstić information content (AvgIpc) is 3.33. The zero-order valence-electron chi connectivity index (χ0n) is 20.0. The first-order valence-electron chi connectivity index (χ1n) is 13.9.